The van der Waals surface area contributed by atoms with E-state index >= 15 is 0 Å². The Morgan fingerprint density at radius 2 is 2.20 bits per heavy atom. The van der Waals surface area contributed by atoms with Crippen molar-refractivity contribution in [3.05, 3.63) is 24.3 Å². The fourth-order valence-corrected chi connectivity index (χ4v) is 2.16. The van der Waals surface area contributed by atoms with Crippen molar-refractivity contribution in [2.45, 2.75) is 18.2 Å². The number of ether oxygens (including phenoxy) is 1. The second kappa shape index (κ2) is 6.58. The van der Waals surface area contributed by atoms with Crippen molar-refractivity contribution in [2.75, 3.05) is 24.7 Å². The second-order valence-corrected chi connectivity index (χ2v) is 4.81. The molecule has 0 aliphatic rings. The molecule has 0 heterocycles. The average molecular weight is 227 g/mol. The van der Waals surface area contributed by atoms with Gasteiger partial charge in [-0.3, -0.25) is 4.21 Å². The lowest BCUT2D eigenvalue weighted by molar-refractivity contribution is 0.150. The van der Waals surface area contributed by atoms with Gasteiger partial charge in [-0.25, -0.2) is 0 Å². The molecule has 3 nitrogen and oxygen atoms in total. The first-order valence-corrected chi connectivity index (χ1v) is 6.37. The topological polar surface area (TPSA) is 52.3 Å². The molecule has 0 aliphatic heterocycles. The van der Waals surface area contributed by atoms with E-state index in [1.807, 2.05) is 12.1 Å². The van der Waals surface area contributed by atoms with E-state index in [2.05, 4.69) is 6.92 Å². The molecule has 1 rings (SSSR count). The fraction of sp³-hybridized carbons (Fsp3) is 0.455. The molecule has 1 atom stereocenters. The number of hydrogen-bond donors (Lipinski definition) is 1. The van der Waals surface area contributed by atoms with Crippen molar-refractivity contribution >= 4 is 16.5 Å². The van der Waals surface area contributed by atoms with Gasteiger partial charge >= 0.3 is 0 Å². The molecule has 0 aliphatic carbocycles. The summed E-state index contributed by atoms with van der Waals surface area (Å²) in [6.07, 6.45) is 0.991. The molecule has 0 fully saturated rings. The molecule has 0 amide bonds. The minimum absolute atomic E-state index is 0.531. The third-order valence-electron chi connectivity index (χ3n) is 1.88. The minimum Gasteiger partial charge on any atom is -0.399 e. The Morgan fingerprint density at radius 3 is 2.87 bits per heavy atom. The van der Waals surface area contributed by atoms with Crippen molar-refractivity contribution < 1.29 is 8.95 Å². The zero-order valence-corrected chi connectivity index (χ0v) is 9.76. The number of rotatable bonds is 6. The molecule has 0 spiro atoms. The van der Waals surface area contributed by atoms with E-state index < -0.39 is 10.8 Å². The fourth-order valence-electron chi connectivity index (χ4n) is 1.16. The van der Waals surface area contributed by atoms with E-state index in [0.717, 1.165) is 17.9 Å². The van der Waals surface area contributed by atoms with Crippen LogP contribution in [0.5, 0.6) is 0 Å². The first kappa shape index (κ1) is 12.2. The van der Waals surface area contributed by atoms with Crippen LogP contribution in [0.1, 0.15) is 13.3 Å². The Balaban J connectivity index is 2.40. The van der Waals surface area contributed by atoms with Crippen LogP contribution < -0.4 is 5.73 Å². The van der Waals surface area contributed by atoms with Crippen molar-refractivity contribution in [1.82, 2.24) is 0 Å². The molecule has 2 N–H and O–H groups in total. The van der Waals surface area contributed by atoms with Gasteiger partial charge in [0.25, 0.3) is 0 Å². The number of nitrogen functional groups attached to an aromatic ring is 1. The number of nitrogens with two attached hydrogens (primary N) is 1. The number of benzene rings is 1. The highest BCUT2D eigenvalue weighted by molar-refractivity contribution is 7.85. The van der Waals surface area contributed by atoms with Gasteiger partial charge in [-0.05, 0) is 24.6 Å². The summed E-state index contributed by atoms with van der Waals surface area (Å²) in [6.45, 7) is 3.32. The molecule has 0 saturated carbocycles. The first-order valence-electron chi connectivity index (χ1n) is 5.05. The zero-order chi connectivity index (χ0) is 11.1. The summed E-state index contributed by atoms with van der Waals surface area (Å²) in [5, 5.41) is 0. The zero-order valence-electron chi connectivity index (χ0n) is 8.94. The number of anilines is 1. The van der Waals surface area contributed by atoms with E-state index in [0.29, 0.717) is 18.0 Å². The molecular formula is C11H17NO2S. The lowest BCUT2D eigenvalue weighted by Gasteiger charge is -2.04. The van der Waals surface area contributed by atoms with Gasteiger partial charge in [0.05, 0.1) is 23.2 Å². The average Bonchev–Trinajstić information content (AvgIpc) is 2.24. The van der Waals surface area contributed by atoms with Crippen molar-refractivity contribution in [3.8, 4) is 0 Å². The second-order valence-electron chi connectivity index (χ2n) is 3.23. The Bertz CT molecular complexity index is 328. The highest BCUT2D eigenvalue weighted by Gasteiger charge is 2.03. The predicted molar refractivity (Wildman–Crippen MR) is 63.2 cm³/mol. The summed E-state index contributed by atoms with van der Waals surface area (Å²) >= 11 is 0. The van der Waals surface area contributed by atoms with Crippen LogP contribution in [0.3, 0.4) is 0 Å². The maximum Gasteiger partial charge on any atom is 0.0585 e. The lowest BCUT2D eigenvalue weighted by Crippen LogP contribution is -2.07. The molecule has 1 aromatic rings. The Labute approximate surface area is 93.1 Å². The van der Waals surface area contributed by atoms with E-state index in [1.165, 1.54) is 0 Å². The van der Waals surface area contributed by atoms with Crippen molar-refractivity contribution in [3.63, 3.8) is 0 Å². The highest BCUT2D eigenvalue weighted by Crippen LogP contribution is 2.10. The van der Waals surface area contributed by atoms with Gasteiger partial charge < -0.3 is 10.5 Å². The monoisotopic (exact) mass is 227 g/mol. The van der Waals surface area contributed by atoms with E-state index in [1.54, 1.807) is 12.1 Å². The van der Waals surface area contributed by atoms with E-state index in [9.17, 15) is 4.21 Å². The number of hydrogen-bond acceptors (Lipinski definition) is 3. The predicted octanol–water partition coefficient (Wildman–Crippen LogP) is 1.80. The molecular weight excluding hydrogens is 210 g/mol. The van der Waals surface area contributed by atoms with Gasteiger partial charge in [-0.2, -0.15) is 0 Å². The van der Waals surface area contributed by atoms with Crippen molar-refractivity contribution in [1.29, 1.82) is 0 Å². The molecule has 1 aromatic carbocycles. The first-order chi connectivity index (χ1) is 7.24. The van der Waals surface area contributed by atoms with Crippen LogP contribution in [-0.4, -0.2) is 23.2 Å². The minimum atomic E-state index is -1.00. The SMILES string of the molecule is CCCOCCS(=O)c1cccc(N)c1. The summed E-state index contributed by atoms with van der Waals surface area (Å²) in [5.41, 5.74) is 6.26. The molecule has 4 heteroatoms. The van der Waals surface area contributed by atoms with E-state index in [-0.39, 0.29) is 0 Å². The summed E-state index contributed by atoms with van der Waals surface area (Å²) < 4.78 is 17.0. The van der Waals surface area contributed by atoms with Crippen LogP contribution in [0.2, 0.25) is 0 Å². The molecule has 0 aromatic heterocycles. The molecule has 84 valence electrons. The summed E-state index contributed by atoms with van der Waals surface area (Å²) in [4.78, 5) is 0.773. The van der Waals surface area contributed by atoms with Crippen molar-refractivity contribution in [2.24, 2.45) is 0 Å². The van der Waals surface area contributed by atoms with Crippen LogP contribution in [0.25, 0.3) is 0 Å². The third kappa shape index (κ3) is 4.44. The molecule has 0 saturated heterocycles. The Morgan fingerprint density at radius 1 is 1.40 bits per heavy atom. The van der Waals surface area contributed by atoms with Crippen LogP contribution in [0.4, 0.5) is 5.69 Å². The standard InChI is InChI=1S/C11H17NO2S/c1-2-6-14-7-8-15(13)11-5-3-4-10(12)9-11/h3-5,9H,2,6-8,12H2,1H3. The highest BCUT2D eigenvalue weighted by atomic mass is 32.2. The van der Waals surface area contributed by atoms with Gasteiger partial charge in [0, 0.05) is 17.2 Å². The smallest absolute Gasteiger partial charge is 0.0585 e. The molecule has 0 bridgehead atoms. The summed E-state index contributed by atoms with van der Waals surface area (Å²) in [5.74, 6) is 0.531. The van der Waals surface area contributed by atoms with Crippen LogP contribution >= 0.6 is 0 Å². The summed E-state index contributed by atoms with van der Waals surface area (Å²) in [6, 6.07) is 7.17. The largest absolute Gasteiger partial charge is 0.399 e. The molecule has 0 radical (unpaired) electrons. The third-order valence-corrected chi connectivity index (χ3v) is 3.20. The van der Waals surface area contributed by atoms with Gasteiger partial charge in [-0.15, -0.1) is 0 Å². The van der Waals surface area contributed by atoms with Crippen LogP contribution in [0, 0.1) is 0 Å². The quantitative estimate of drug-likeness (QED) is 0.595. The maximum atomic E-state index is 11.7. The van der Waals surface area contributed by atoms with Gasteiger partial charge in [0.15, 0.2) is 0 Å². The maximum absolute atomic E-state index is 11.7. The molecule has 1 unspecified atom stereocenters. The van der Waals surface area contributed by atoms with Gasteiger partial charge in [0.1, 0.15) is 0 Å². The normalized spacial score (nSPS) is 12.6. The van der Waals surface area contributed by atoms with Crippen LogP contribution in [0.15, 0.2) is 29.2 Å². The van der Waals surface area contributed by atoms with Gasteiger partial charge in [-0.1, -0.05) is 13.0 Å². The van der Waals surface area contributed by atoms with Crippen LogP contribution in [-0.2, 0) is 15.5 Å². The van der Waals surface area contributed by atoms with Gasteiger partial charge in [0.2, 0.25) is 0 Å². The lowest BCUT2D eigenvalue weighted by atomic mass is 10.3. The summed E-state index contributed by atoms with van der Waals surface area (Å²) in [7, 11) is -1.00. The van der Waals surface area contributed by atoms with E-state index in [4.69, 9.17) is 10.5 Å². The Hall–Kier alpha value is -0.870. The molecule has 15 heavy (non-hydrogen) atoms. The Kier molecular flexibility index (Phi) is 5.36.